The summed E-state index contributed by atoms with van der Waals surface area (Å²) in [6.45, 7) is 3.17. The molecule has 2 amide bonds. The molecule has 1 aromatic heterocycles. The molecular formula is C20H19F3N4O3. The fourth-order valence-corrected chi connectivity index (χ4v) is 2.54. The van der Waals surface area contributed by atoms with E-state index in [9.17, 15) is 27.6 Å². The number of nitrogens with one attached hydrogen (secondary N) is 2. The molecule has 0 radical (unpaired) electrons. The summed E-state index contributed by atoms with van der Waals surface area (Å²) in [5, 5.41) is 13.3. The Hall–Kier alpha value is -3.61. The molecule has 1 aromatic carbocycles. The SMILES string of the molecule is Cc1c(C(=O)C(=O)N[C@H](C)C(C)(F)F)cc(C(=O)Nc2ccc(F)c(C#N)c2)n1C. The van der Waals surface area contributed by atoms with Crippen molar-refractivity contribution in [2.24, 2.45) is 7.05 Å². The summed E-state index contributed by atoms with van der Waals surface area (Å²) in [5.74, 6) is -6.92. The molecule has 2 N–H and O–H groups in total. The van der Waals surface area contributed by atoms with Gasteiger partial charge in [0.05, 0.1) is 11.6 Å². The predicted molar refractivity (Wildman–Crippen MR) is 102 cm³/mol. The van der Waals surface area contributed by atoms with Gasteiger partial charge in [-0.25, -0.2) is 13.2 Å². The molecule has 1 atom stereocenters. The number of ketones is 1. The third-order valence-electron chi connectivity index (χ3n) is 4.67. The number of carbonyl (C=O) groups is 3. The number of nitriles is 1. The van der Waals surface area contributed by atoms with E-state index in [1.165, 1.54) is 24.6 Å². The van der Waals surface area contributed by atoms with E-state index < -0.39 is 35.4 Å². The van der Waals surface area contributed by atoms with Gasteiger partial charge in [-0.1, -0.05) is 0 Å². The number of Topliss-reactive ketones (excluding diaryl/α,β-unsaturated/α-hetero) is 1. The summed E-state index contributed by atoms with van der Waals surface area (Å²) in [5.41, 5.74) is 0.0450. The number of amides is 2. The fraction of sp³-hybridized carbons (Fsp3) is 0.300. The minimum Gasteiger partial charge on any atom is -0.343 e. The summed E-state index contributed by atoms with van der Waals surface area (Å²) in [4.78, 5) is 37.0. The van der Waals surface area contributed by atoms with Gasteiger partial charge in [-0.3, -0.25) is 14.4 Å². The highest BCUT2D eigenvalue weighted by molar-refractivity contribution is 6.43. The summed E-state index contributed by atoms with van der Waals surface area (Å²) in [6.07, 6.45) is 0. The molecule has 1 heterocycles. The second-order valence-electron chi connectivity index (χ2n) is 6.83. The predicted octanol–water partition coefficient (Wildman–Crippen LogP) is 2.94. The molecule has 0 saturated heterocycles. The third kappa shape index (κ3) is 4.68. The topological polar surface area (TPSA) is 104 Å². The lowest BCUT2D eigenvalue weighted by atomic mass is 10.1. The van der Waals surface area contributed by atoms with Gasteiger partial charge >= 0.3 is 0 Å². The van der Waals surface area contributed by atoms with Crippen LogP contribution in [0.3, 0.4) is 0 Å². The third-order valence-corrected chi connectivity index (χ3v) is 4.67. The number of nitrogens with zero attached hydrogens (tertiary/aromatic N) is 2. The maximum atomic E-state index is 13.4. The van der Waals surface area contributed by atoms with E-state index in [0.29, 0.717) is 6.92 Å². The van der Waals surface area contributed by atoms with Crippen LogP contribution >= 0.6 is 0 Å². The minimum atomic E-state index is -3.22. The van der Waals surface area contributed by atoms with Gasteiger partial charge in [0.25, 0.3) is 23.5 Å². The highest BCUT2D eigenvalue weighted by Crippen LogP contribution is 2.20. The van der Waals surface area contributed by atoms with Crippen molar-refractivity contribution in [2.75, 3.05) is 5.32 Å². The molecule has 2 rings (SSSR count). The van der Waals surface area contributed by atoms with E-state index >= 15 is 0 Å². The van der Waals surface area contributed by atoms with Crippen LogP contribution in [-0.4, -0.2) is 34.1 Å². The van der Waals surface area contributed by atoms with Crippen LogP contribution in [0.15, 0.2) is 24.3 Å². The number of hydrogen-bond acceptors (Lipinski definition) is 4. The number of alkyl halides is 2. The molecular weight excluding hydrogens is 401 g/mol. The minimum absolute atomic E-state index is 0.000326. The van der Waals surface area contributed by atoms with Crippen molar-refractivity contribution in [3.05, 3.63) is 52.6 Å². The van der Waals surface area contributed by atoms with Gasteiger partial charge in [0, 0.05) is 30.9 Å². The van der Waals surface area contributed by atoms with Crippen LogP contribution in [0.2, 0.25) is 0 Å². The summed E-state index contributed by atoms with van der Waals surface area (Å²) < 4.78 is 41.3. The van der Waals surface area contributed by atoms with Gasteiger partial charge in [0.1, 0.15) is 17.6 Å². The van der Waals surface area contributed by atoms with Crippen LogP contribution in [0.1, 0.15) is 46.0 Å². The summed E-state index contributed by atoms with van der Waals surface area (Å²) in [7, 11) is 1.48. The molecule has 2 aromatic rings. The van der Waals surface area contributed by atoms with Crippen molar-refractivity contribution in [3.8, 4) is 6.07 Å². The molecule has 0 fully saturated rings. The smallest absolute Gasteiger partial charge is 0.292 e. The van der Waals surface area contributed by atoms with Crippen LogP contribution in [-0.2, 0) is 11.8 Å². The zero-order valence-corrected chi connectivity index (χ0v) is 16.6. The first-order chi connectivity index (χ1) is 13.9. The van der Waals surface area contributed by atoms with Gasteiger partial charge in [-0.2, -0.15) is 5.26 Å². The molecule has 0 unspecified atom stereocenters. The van der Waals surface area contributed by atoms with Gasteiger partial charge < -0.3 is 15.2 Å². The zero-order chi connectivity index (χ0) is 22.8. The van der Waals surface area contributed by atoms with E-state index in [0.717, 1.165) is 25.1 Å². The number of rotatable bonds is 6. The quantitative estimate of drug-likeness (QED) is 0.554. The molecule has 7 nitrogen and oxygen atoms in total. The van der Waals surface area contributed by atoms with Crippen molar-refractivity contribution in [1.82, 2.24) is 9.88 Å². The van der Waals surface area contributed by atoms with Crippen LogP contribution in [0.4, 0.5) is 18.9 Å². The Labute approximate surface area is 170 Å². The van der Waals surface area contributed by atoms with Crippen molar-refractivity contribution in [2.45, 2.75) is 32.7 Å². The largest absolute Gasteiger partial charge is 0.343 e. The van der Waals surface area contributed by atoms with Crippen molar-refractivity contribution in [3.63, 3.8) is 0 Å². The molecule has 30 heavy (non-hydrogen) atoms. The highest BCUT2D eigenvalue weighted by atomic mass is 19.3. The Morgan fingerprint density at radius 1 is 1.23 bits per heavy atom. The first-order valence-electron chi connectivity index (χ1n) is 8.77. The first kappa shape index (κ1) is 22.7. The van der Waals surface area contributed by atoms with Crippen molar-refractivity contribution >= 4 is 23.3 Å². The molecule has 0 spiro atoms. The summed E-state index contributed by atoms with van der Waals surface area (Å²) >= 11 is 0. The Bertz CT molecular complexity index is 1060. The van der Waals surface area contributed by atoms with Crippen LogP contribution in [0, 0.1) is 24.1 Å². The monoisotopic (exact) mass is 420 g/mol. The normalized spacial score (nSPS) is 12.1. The lowest BCUT2D eigenvalue weighted by molar-refractivity contribution is -0.120. The maximum absolute atomic E-state index is 13.4. The van der Waals surface area contributed by atoms with Gasteiger partial charge in [0.2, 0.25) is 0 Å². The molecule has 0 aliphatic carbocycles. The molecule has 0 saturated carbocycles. The second kappa shape index (κ2) is 8.41. The highest BCUT2D eigenvalue weighted by Gasteiger charge is 2.34. The van der Waals surface area contributed by atoms with E-state index in [-0.39, 0.29) is 28.2 Å². The number of carbonyl (C=O) groups excluding carboxylic acids is 3. The lowest BCUT2D eigenvalue weighted by Gasteiger charge is -2.20. The van der Waals surface area contributed by atoms with Crippen LogP contribution in [0.25, 0.3) is 0 Å². The standard InChI is InChI=1S/C20H19F3N4O3/c1-10-14(17(28)19(30)25-11(2)20(3,22)23)8-16(27(10)4)18(29)26-13-5-6-15(21)12(7-13)9-24/h5-8,11H,1-4H3,(H,25,30)(H,26,29)/t11-/m1/s1. The average molecular weight is 420 g/mol. The number of aromatic nitrogens is 1. The second-order valence-corrected chi connectivity index (χ2v) is 6.83. The first-order valence-corrected chi connectivity index (χ1v) is 8.77. The van der Waals surface area contributed by atoms with Crippen LogP contribution in [0.5, 0.6) is 0 Å². The van der Waals surface area contributed by atoms with E-state index in [4.69, 9.17) is 5.26 Å². The Kier molecular flexibility index (Phi) is 6.35. The maximum Gasteiger partial charge on any atom is 0.292 e. The van der Waals surface area contributed by atoms with Crippen molar-refractivity contribution in [1.29, 1.82) is 5.26 Å². The average Bonchev–Trinajstić information content (AvgIpc) is 2.97. The Morgan fingerprint density at radius 3 is 2.43 bits per heavy atom. The lowest BCUT2D eigenvalue weighted by Crippen LogP contribution is -2.46. The number of halogens is 3. The summed E-state index contributed by atoms with van der Waals surface area (Å²) in [6, 6.07) is 4.68. The number of anilines is 1. The fourth-order valence-electron chi connectivity index (χ4n) is 2.54. The molecule has 0 aliphatic heterocycles. The van der Waals surface area contributed by atoms with E-state index in [1.807, 2.05) is 5.32 Å². The number of hydrogen-bond donors (Lipinski definition) is 2. The van der Waals surface area contributed by atoms with Gasteiger partial charge in [-0.05, 0) is 38.1 Å². The van der Waals surface area contributed by atoms with Gasteiger partial charge in [-0.15, -0.1) is 0 Å². The van der Waals surface area contributed by atoms with Crippen molar-refractivity contribution < 1.29 is 27.6 Å². The van der Waals surface area contributed by atoms with Crippen LogP contribution < -0.4 is 10.6 Å². The molecule has 0 bridgehead atoms. The Balaban J connectivity index is 2.26. The van der Waals surface area contributed by atoms with E-state index in [2.05, 4.69) is 5.32 Å². The van der Waals surface area contributed by atoms with E-state index in [1.54, 1.807) is 6.07 Å². The van der Waals surface area contributed by atoms with Gasteiger partial charge in [0.15, 0.2) is 0 Å². The number of benzene rings is 1. The molecule has 158 valence electrons. The molecule has 0 aliphatic rings. The Morgan fingerprint density at radius 2 is 1.87 bits per heavy atom. The zero-order valence-electron chi connectivity index (χ0n) is 16.6. The molecule has 10 heteroatoms.